The molecule has 154 valence electrons. The van der Waals surface area contributed by atoms with Crippen molar-refractivity contribution >= 4 is 45.1 Å². The minimum Gasteiger partial charge on any atom is -0.283 e. The first kappa shape index (κ1) is 20.9. The SMILES string of the molecule is C/C(=N/NC(=O)c1nc2ccccc2c(=O)n1Cc1ccccc1)c1ccc(I)cc1. The normalized spacial score (nSPS) is 11.5. The number of nitrogens with one attached hydrogen (secondary N) is 1. The zero-order valence-corrected chi connectivity index (χ0v) is 18.9. The molecule has 0 saturated heterocycles. The third kappa shape index (κ3) is 4.72. The van der Waals surface area contributed by atoms with Crippen molar-refractivity contribution in [3.8, 4) is 0 Å². The van der Waals surface area contributed by atoms with E-state index in [2.05, 4.69) is 38.1 Å². The van der Waals surface area contributed by atoms with E-state index in [0.29, 0.717) is 16.6 Å². The first-order valence-electron chi connectivity index (χ1n) is 9.67. The zero-order valence-electron chi connectivity index (χ0n) is 16.7. The van der Waals surface area contributed by atoms with Crippen molar-refractivity contribution in [2.24, 2.45) is 5.10 Å². The number of carbonyl (C=O) groups excluding carboxylic acids is 1. The summed E-state index contributed by atoms with van der Waals surface area (Å²) in [4.78, 5) is 30.6. The van der Waals surface area contributed by atoms with Gasteiger partial charge < -0.3 is 0 Å². The molecule has 0 radical (unpaired) electrons. The maximum absolute atomic E-state index is 13.2. The summed E-state index contributed by atoms with van der Waals surface area (Å²) >= 11 is 2.23. The number of halogens is 1. The fourth-order valence-electron chi connectivity index (χ4n) is 3.19. The van der Waals surface area contributed by atoms with Crippen LogP contribution in [-0.2, 0) is 6.54 Å². The molecule has 0 aliphatic rings. The minimum atomic E-state index is -0.538. The largest absolute Gasteiger partial charge is 0.307 e. The van der Waals surface area contributed by atoms with Crippen molar-refractivity contribution in [1.29, 1.82) is 0 Å². The number of fused-ring (bicyclic) bond motifs is 1. The quantitative estimate of drug-likeness (QED) is 0.243. The number of nitrogens with zero attached hydrogens (tertiary/aromatic N) is 3. The number of benzene rings is 3. The second-order valence-electron chi connectivity index (χ2n) is 6.97. The lowest BCUT2D eigenvalue weighted by molar-refractivity contribution is 0.0939. The van der Waals surface area contributed by atoms with E-state index in [9.17, 15) is 9.59 Å². The number of amides is 1. The number of hydrogen-bond acceptors (Lipinski definition) is 4. The van der Waals surface area contributed by atoms with Crippen LogP contribution in [0.2, 0.25) is 0 Å². The van der Waals surface area contributed by atoms with Crippen molar-refractivity contribution < 1.29 is 4.79 Å². The van der Waals surface area contributed by atoms with Crippen LogP contribution in [0.4, 0.5) is 0 Å². The molecular formula is C24H19IN4O2. The summed E-state index contributed by atoms with van der Waals surface area (Å²) in [7, 11) is 0. The summed E-state index contributed by atoms with van der Waals surface area (Å²) in [6.07, 6.45) is 0. The number of para-hydroxylation sites is 1. The maximum atomic E-state index is 13.2. The Morgan fingerprint density at radius 3 is 2.42 bits per heavy atom. The third-order valence-corrected chi connectivity index (χ3v) is 5.55. The molecule has 3 aromatic carbocycles. The molecule has 1 amide bonds. The molecular weight excluding hydrogens is 503 g/mol. The Bertz CT molecular complexity index is 1330. The minimum absolute atomic E-state index is 0.0201. The van der Waals surface area contributed by atoms with Gasteiger partial charge in [-0.25, -0.2) is 10.4 Å². The van der Waals surface area contributed by atoms with Gasteiger partial charge in [-0.05, 0) is 64.9 Å². The van der Waals surface area contributed by atoms with E-state index in [4.69, 9.17) is 0 Å². The summed E-state index contributed by atoms with van der Waals surface area (Å²) in [6, 6.07) is 24.3. The van der Waals surface area contributed by atoms with Crippen molar-refractivity contribution in [3.05, 3.63) is 110 Å². The highest BCUT2D eigenvalue weighted by Crippen LogP contribution is 2.11. The predicted molar refractivity (Wildman–Crippen MR) is 130 cm³/mol. The molecule has 6 nitrogen and oxygen atoms in total. The van der Waals surface area contributed by atoms with Crippen molar-refractivity contribution in [2.75, 3.05) is 0 Å². The van der Waals surface area contributed by atoms with E-state index in [1.54, 1.807) is 24.3 Å². The van der Waals surface area contributed by atoms with E-state index < -0.39 is 5.91 Å². The standard InChI is InChI=1S/C24H19IN4O2/c1-16(18-11-13-19(25)14-12-18)27-28-23(30)22-26-21-10-6-5-9-20(21)24(31)29(22)15-17-7-3-2-4-8-17/h2-14H,15H2,1H3,(H,28,30)/b27-16-. The van der Waals surface area contributed by atoms with Crippen LogP contribution in [0.15, 0.2) is 88.8 Å². The van der Waals surface area contributed by atoms with Gasteiger partial charge in [0.1, 0.15) is 0 Å². The van der Waals surface area contributed by atoms with Gasteiger partial charge in [0.15, 0.2) is 0 Å². The molecule has 1 aromatic heterocycles. The van der Waals surface area contributed by atoms with Crippen LogP contribution in [0.25, 0.3) is 10.9 Å². The molecule has 0 aliphatic heterocycles. The predicted octanol–water partition coefficient (Wildman–Crippen LogP) is 4.20. The summed E-state index contributed by atoms with van der Waals surface area (Å²) in [5.74, 6) is -0.518. The molecule has 4 rings (SSSR count). The molecule has 0 bridgehead atoms. The number of hydrazone groups is 1. The first-order chi connectivity index (χ1) is 15.0. The number of hydrogen-bond donors (Lipinski definition) is 1. The van der Waals surface area contributed by atoms with Gasteiger partial charge >= 0.3 is 5.91 Å². The fourth-order valence-corrected chi connectivity index (χ4v) is 3.55. The lowest BCUT2D eigenvalue weighted by Crippen LogP contribution is -2.32. The van der Waals surface area contributed by atoms with Gasteiger partial charge in [0.25, 0.3) is 5.56 Å². The molecule has 0 aliphatic carbocycles. The Kier molecular flexibility index (Phi) is 6.22. The molecule has 1 heterocycles. The summed E-state index contributed by atoms with van der Waals surface area (Å²) < 4.78 is 2.51. The van der Waals surface area contributed by atoms with Gasteiger partial charge in [0, 0.05) is 3.57 Å². The molecule has 0 saturated carbocycles. The summed E-state index contributed by atoms with van der Waals surface area (Å²) in [5.41, 5.74) is 5.21. The van der Waals surface area contributed by atoms with Gasteiger partial charge in [0.2, 0.25) is 5.82 Å². The van der Waals surface area contributed by atoms with Crippen LogP contribution < -0.4 is 11.0 Å². The average Bonchev–Trinajstić information content (AvgIpc) is 2.80. The summed E-state index contributed by atoms with van der Waals surface area (Å²) in [6.45, 7) is 2.05. The Morgan fingerprint density at radius 1 is 1.00 bits per heavy atom. The van der Waals surface area contributed by atoms with Crippen molar-refractivity contribution in [2.45, 2.75) is 13.5 Å². The molecule has 0 atom stereocenters. The van der Waals surface area contributed by atoms with Gasteiger partial charge in [-0.3, -0.25) is 14.2 Å². The van der Waals surface area contributed by atoms with E-state index in [0.717, 1.165) is 14.7 Å². The molecule has 7 heteroatoms. The molecule has 31 heavy (non-hydrogen) atoms. The topological polar surface area (TPSA) is 76.3 Å². The lowest BCUT2D eigenvalue weighted by atomic mass is 10.1. The Hall–Kier alpha value is -3.33. The molecule has 0 unspecified atom stereocenters. The highest BCUT2D eigenvalue weighted by Gasteiger charge is 2.17. The number of carbonyl (C=O) groups is 1. The monoisotopic (exact) mass is 522 g/mol. The number of aromatic nitrogens is 2. The van der Waals surface area contributed by atoms with Crippen LogP contribution in [0.1, 0.15) is 28.7 Å². The second-order valence-corrected chi connectivity index (χ2v) is 8.22. The van der Waals surface area contributed by atoms with E-state index >= 15 is 0 Å². The lowest BCUT2D eigenvalue weighted by Gasteiger charge is -2.13. The van der Waals surface area contributed by atoms with E-state index in [1.807, 2.05) is 61.5 Å². The summed E-state index contributed by atoms with van der Waals surface area (Å²) in [5, 5.41) is 4.68. The smallest absolute Gasteiger partial charge is 0.283 e. The van der Waals surface area contributed by atoms with Crippen LogP contribution in [0.5, 0.6) is 0 Å². The van der Waals surface area contributed by atoms with Gasteiger partial charge in [-0.2, -0.15) is 5.10 Å². The molecule has 1 N–H and O–H groups in total. The van der Waals surface area contributed by atoms with Gasteiger partial charge in [-0.1, -0.05) is 54.6 Å². The first-order valence-corrected chi connectivity index (χ1v) is 10.7. The average molecular weight is 522 g/mol. The molecule has 0 spiro atoms. The van der Waals surface area contributed by atoms with Crippen LogP contribution in [-0.4, -0.2) is 21.2 Å². The maximum Gasteiger partial charge on any atom is 0.307 e. The molecule has 0 fully saturated rings. The Morgan fingerprint density at radius 2 is 1.68 bits per heavy atom. The van der Waals surface area contributed by atoms with Crippen molar-refractivity contribution in [3.63, 3.8) is 0 Å². The highest BCUT2D eigenvalue weighted by atomic mass is 127. The van der Waals surface area contributed by atoms with Gasteiger partial charge in [-0.15, -0.1) is 0 Å². The Balaban J connectivity index is 1.72. The van der Waals surface area contributed by atoms with Gasteiger partial charge in [0.05, 0.1) is 23.2 Å². The van der Waals surface area contributed by atoms with E-state index in [1.165, 1.54) is 4.57 Å². The van der Waals surface area contributed by atoms with Crippen LogP contribution >= 0.6 is 22.6 Å². The fraction of sp³-hybridized carbons (Fsp3) is 0.0833. The zero-order chi connectivity index (χ0) is 21.8. The third-order valence-electron chi connectivity index (χ3n) is 4.84. The molecule has 4 aromatic rings. The second kappa shape index (κ2) is 9.22. The van der Waals surface area contributed by atoms with Crippen molar-refractivity contribution in [1.82, 2.24) is 15.0 Å². The van der Waals surface area contributed by atoms with E-state index in [-0.39, 0.29) is 17.9 Å². The highest BCUT2D eigenvalue weighted by molar-refractivity contribution is 14.1. The van der Waals surface area contributed by atoms with Crippen LogP contribution in [0.3, 0.4) is 0 Å². The van der Waals surface area contributed by atoms with Crippen LogP contribution in [0, 0.1) is 3.57 Å². The number of rotatable bonds is 5. The Labute approximate surface area is 192 Å².